The molecule has 17 heavy (non-hydrogen) atoms. The van der Waals surface area contributed by atoms with Crippen LogP contribution in [0.1, 0.15) is 39.5 Å². The number of rotatable bonds is 7. The first-order valence-electron chi connectivity index (χ1n) is 6.78. The fourth-order valence-electron chi connectivity index (χ4n) is 2.45. The van der Waals surface area contributed by atoms with Gasteiger partial charge < -0.3 is 11.1 Å². The summed E-state index contributed by atoms with van der Waals surface area (Å²) in [4.78, 5) is 13.9. The molecular formula is C13H27N3O. The molecule has 4 heteroatoms. The lowest BCUT2D eigenvalue weighted by molar-refractivity contribution is -0.122. The van der Waals surface area contributed by atoms with Crippen molar-refractivity contribution in [3.63, 3.8) is 0 Å². The van der Waals surface area contributed by atoms with E-state index >= 15 is 0 Å². The SMILES string of the molecule is CCC(CC)NC(=O)CN(C)CC1CC(N)C1. The second kappa shape index (κ2) is 6.97. The third-order valence-corrected chi connectivity index (χ3v) is 3.61. The number of carbonyl (C=O) groups excluding carboxylic acids is 1. The van der Waals surface area contributed by atoms with Crippen molar-refractivity contribution in [2.75, 3.05) is 20.1 Å². The Labute approximate surface area is 105 Å². The van der Waals surface area contributed by atoms with Gasteiger partial charge in [0.05, 0.1) is 6.54 Å². The maximum Gasteiger partial charge on any atom is 0.234 e. The summed E-state index contributed by atoms with van der Waals surface area (Å²) >= 11 is 0. The first kappa shape index (κ1) is 14.5. The van der Waals surface area contributed by atoms with E-state index < -0.39 is 0 Å². The summed E-state index contributed by atoms with van der Waals surface area (Å²) in [5, 5.41) is 3.06. The molecule has 0 aromatic carbocycles. The van der Waals surface area contributed by atoms with Crippen molar-refractivity contribution in [3.8, 4) is 0 Å². The zero-order valence-electron chi connectivity index (χ0n) is 11.4. The van der Waals surface area contributed by atoms with E-state index in [-0.39, 0.29) is 5.91 Å². The van der Waals surface area contributed by atoms with E-state index in [9.17, 15) is 4.79 Å². The van der Waals surface area contributed by atoms with Crippen LogP contribution >= 0.6 is 0 Å². The number of hydrogen-bond acceptors (Lipinski definition) is 3. The summed E-state index contributed by atoms with van der Waals surface area (Å²) in [5.41, 5.74) is 5.75. The molecule has 1 aliphatic rings. The molecule has 3 N–H and O–H groups in total. The first-order valence-corrected chi connectivity index (χ1v) is 6.78. The number of nitrogens with two attached hydrogens (primary N) is 1. The van der Waals surface area contributed by atoms with E-state index in [4.69, 9.17) is 5.73 Å². The predicted octanol–water partition coefficient (Wildman–Crippen LogP) is 0.960. The smallest absolute Gasteiger partial charge is 0.234 e. The van der Waals surface area contributed by atoms with Crippen LogP contribution in [0.5, 0.6) is 0 Å². The van der Waals surface area contributed by atoms with Crippen LogP contribution in [0, 0.1) is 5.92 Å². The molecular weight excluding hydrogens is 214 g/mol. The van der Waals surface area contributed by atoms with Crippen molar-refractivity contribution in [2.24, 2.45) is 11.7 Å². The molecule has 0 aliphatic heterocycles. The van der Waals surface area contributed by atoms with Crippen LogP contribution < -0.4 is 11.1 Å². The minimum absolute atomic E-state index is 0.143. The molecule has 0 spiro atoms. The van der Waals surface area contributed by atoms with Gasteiger partial charge in [0, 0.05) is 18.6 Å². The minimum atomic E-state index is 0.143. The van der Waals surface area contributed by atoms with Crippen molar-refractivity contribution in [1.29, 1.82) is 0 Å². The van der Waals surface area contributed by atoms with E-state index in [2.05, 4.69) is 24.1 Å². The third kappa shape index (κ3) is 5.04. The topological polar surface area (TPSA) is 58.4 Å². The zero-order chi connectivity index (χ0) is 12.8. The summed E-state index contributed by atoms with van der Waals surface area (Å²) in [5.74, 6) is 0.834. The van der Waals surface area contributed by atoms with Crippen molar-refractivity contribution in [3.05, 3.63) is 0 Å². The van der Waals surface area contributed by atoms with Crippen LogP contribution in [0.4, 0.5) is 0 Å². The van der Waals surface area contributed by atoms with Gasteiger partial charge in [-0.25, -0.2) is 0 Å². The largest absolute Gasteiger partial charge is 0.352 e. The van der Waals surface area contributed by atoms with E-state index in [1.165, 1.54) is 0 Å². The van der Waals surface area contributed by atoms with Crippen molar-refractivity contribution < 1.29 is 4.79 Å². The number of nitrogens with zero attached hydrogens (tertiary/aromatic N) is 1. The Balaban J connectivity index is 2.16. The molecule has 1 fully saturated rings. The third-order valence-electron chi connectivity index (χ3n) is 3.61. The Morgan fingerprint density at radius 3 is 2.47 bits per heavy atom. The van der Waals surface area contributed by atoms with Gasteiger partial charge in [-0.3, -0.25) is 9.69 Å². The number of amides is 1. The number of carbonyl (C=O) groups is 1. The van der Waals surface area contributed by atoms with Crippen LogP contribution in [-0.2, 0) is 4.79 Å². The second-order valence-corrected chi connectivity index (χ2v) is 5.38. The fraction of sp³-hybridized carbons (Fsp3) is 0.923. The van der Waals surface area contributed by atoms with Crippen molar-refractivity contribution >= 4 is 5.91 Å². The number of nitrogens with one attached hydrogen (secondary N) is 1. The maximum absolute atomic E-state index is 11.8. The molecule has 0 bridgehead atoms. The van der Waals surface area contributed by atoms with Crippen LogP contribution in [0.3, 0.4) is 0 Å². The molecule has 4 nitrogen and oxygen atoms in total. The van der Waals surface area contributed by atoms with Crippen LogP contribution in [0.25, 0.3) is 0 Å². The van der Waals surface area contributed by atoms with Crippen molar-refractivity contribution in [2.45, 2.75) is 51.6 Å². The maximum atomic E-state index is 11.8. The molecule has 1 amide bonds. The highest BCUT2D eigenvalue weighted by Gasteiger charge is 2.27. The molecule has 0 saturated heterocycles. The molecule has 0 radical (unpaired) electrons. The average Bonchev–Trinajstić information content (AvgIpc) is 2.23. The fourth-order valence-corrected chi connectivity index (χ4v) is 2.45. The number of likely N-dealkylation sites (N-methyl/N-ethyl adjacent to an activating group) is 1. The van der Waals surface area contributed by atoms with Gasteiger partial charge in [0.15, 0.2) is 0 Å². The highest BCUT2D eigenvalue weighted by atomic mass is 16.2. The monoisotopic (exact) mass is 241 g/mol. The second-order valence-electron chi connectivity index (χ2n) is 5.38. The van der Waals surface area contributed by atoms with E-state index in [1.807, 2.05) is 7.05 Å². The van der Waals surface area contributed by atoms with Gasteiger partial charge in [-0.15, -0.1) is 0 Å². The van der Waals surface area contributed by atoms with Crippen LogP contribution in [0.2, 0.25) is 0 Å². The van der Waals surface area contributed by atoms with Crippen molar-refractivity contribution in [1.82, 2.24) is 10.2 Å². The summed E-state index contributed by atoms with van der Waals surface area (Å²) in [7, 11) is 2.01. The molecule has 0 atom stereocenters. The average molecular weight is 241 g/mol. The van der Waals surface area contributed by atoms with Gasteiger partial charge in [-0.05, 0) is 38.6 Å². The van der Waals surface area contributed by atoms with Gasteiger partial charge in [-0.1, -0.05) is 13.8 Å². The van der Waals surface area contributed by atoms with Crippen LogP contribution in [-0.4, -0.2) is 43.0 Å². The Hall–Kier alpha value is -0.610. The van der Waals surface area contributed by atoms with Gasteiger partial charge in [-0.2, -0.15) is 0 Å². The van der Waals surface area contributed by atoms with E-state index in [0.29, 0.717) is 24.5 Å². The summed E-state index contributed by atoms with van der Waals surface area (Å²) in [6, 6.07) is 0.722. The molecule has 0 heterocycles. The molecule has 1 rings (SSSR count). The Morgan fingerprint density at radius 2 is 2.00 bits per heavy atom. The van der Waals surface area contributed by atoms with Gasteiger partial charge in [0.2, 0.25) is 5.91 Å². The molecule has 1 aliphatic carbocycles. The lowest BCUT2D eigenvalue weighted by Gasteiger charge is -2.35. The molecule has 0 unspecified atom stereocenters. The molecule has 0 aromatic rings. The van der Waals surface area contributed by atoms with Gasteiger partial charge >= 0.3 is 0 Å². The standard InChI is InChI=1S/C13H27N3O/c1-4-12(5-2)15-13(17)9-16(3)8-10-6-11(14)7-10/h10-12H,4-9,14H2,1-3H3,(H,15,17). The Bertz CT molecular complexity index is 235. The summed E-state index contributed by atoms with van der Waals surface area (Å²) in [6.45, 7) is 5.70. The quantitative estimate of drug-likeness (QED) is 0.698. The normalized spacial score (nSPS) is 23.9. The Kier molecular flexibility index (Phi) is 5.92. The highest BCUT2D eigenvalue weighted by Crippen LogP contribution is 2.25. The Morgan fingerprint density at radius 1 is 1.41 bits per heavy atom. The lowest BCUT2D eigenvalue weighted by atomic mass is 9.80. The van der Waals surface area contributed by atoms with Crippen LogP contribution in [0.15, 0.2) is 0 Å². The molecule has 0 aromatic heterocycles. The first-order chi connectivity index (χ1) is 8.05. The zero-order valence-corrected chi connectivity index (χ0v) is 11.4. The summed E-state index contributed by atoms with van der Waals surface area (Å²) in [6.07, 6.45) is 4.23. The van der Waals surface area contributed by atoms with Gasteiger partial charge in [0.1, 0.15) is 0 Å². The molecule has 1 saturated carbocycles. The summed E-state index contributed by atoms with van der Waals surface area (Å²) < 4.78 is 0. The highest BCUT2D eigenvalue weighted by molar-refractivity contribution is 5.78. The van der Waals surface area contributed by atoms with E-state index in [1.54, 1.807) is 0 Å². The van der Waals surface area contributed by atoms with Gasteiger partial charge in [0.25, 0.3) is 0 Å². The minimum Gasteiger partial charge on any atom is -0.352 e. The van der Waals surface area contributed by atoms with E-state index in [0.717, 1.165) is 32.2 Å². The number of hydrogen-bond donors (Lipinski definition) is 2. The molecule has 100 valence electrons. The lowest BCUT2D eigenvalue weighted by Crippen LogP contribution is -2.45. The predicted molar refractivity (Wildman–Crippen MR) is 70.7 cm³/mol.